The first-order chi connectivity index (χ1) is 7.14. The molecule has 0 saturated carbocycles. The van der Waals surface area contributed by atoms with Crippen molar-refractivity contribution in [2.45, 2.75) is 38.3 Å². The maximum Gasteiger partial charge on any atom is 0.156 e. The number of benzene rings is 1. The molecule has 0 aliphatic carbocycles. The molecule has 0 nitrogen and oxygen atoms in total. The third-order valence-electron chi connectivity index (χ3n) is 2.87. The van der Waals surface area contributed by atoms with Gasteiger partial charge in [0.1, 0.15) is 0 Å². The molecule has 1 aromatic rings. The van der Waals surface area contributed by atoms with Gasteiger partial charge in [0.05, 0.1) is 0 Å². The van der Waals surface area contributed by atoms with Crippen molar-refractivity contribution in [2.75, 3.05) is 0 Å². The molecule has 0 aliphatic heterocycles. The van der Waals surface area contributed by atoms with E-state index >= 15 is 0 Å². The zero-order valence-electron chi connectivity index (χ0n) is 10.6. The van der Waals surface area contributed by atoms with Crippen LogP contribution in [0.3, 0.4) is 0 Å². The van der Waals surface area contributed by atoms with Crippen LogP contribution in [0.5, 0.6) is 0 Å². The van der Waals surface area contributed by atoms with Gasteiger partial charge in [-0.15, -0.1) is 0 Å². The van der Waals surface area contributed by atoms with Crippen LogP contribution in [-0.4, -0.2) is 14.8 Å². The lowest BCUT2D eigenvalue weighted by Crippen LogP contribution is -2.44. The Morgan fingerprint density at radius 1 is 0.938 bits per heavy atom. The Morgan fingerprint density at radius 3 is 1.75 bits per heavy atom. The molecular formula is C12H20Cl2Si2. The number of halogens is 2. The topological polar surface area (TPSA) is 0 Å². The van der Waals surface area contributed by atoms with Gasteiger partial charge in [0.25, 0.3) is 0 Å². The van der Waals surface area contributed by atoms with Gasteiger partial charge in [-0.25, -0.2) is 0 Å². The average molecular weight is 291 g/mol. The van der Waals surface area contributed by atoms with E-state index in [-0.39, 0.29) is 0 Å². The monoisotopic (exact) mass is 290 g/mol. The molecule has 90 valence electrons. The Bertz CT molecular complexity index is 350. The lowest BCUT2D eigenvalue weighted by molar-refractivity contribution is 1.18. The lowest BCUT2D eigenvalue weighted by Gasteiger charge is -2.35. The molecule has 16 heavy (non-hydrogen) atoms. The molecule has 0 bridgehead atoms. The summed E-state index contributed by atoms with van der Waals surface area (Å²) in [5.41, 5.74) is 2.68. The molecule has 0 radical (unpaired) electrons. The predicted octanol–water partition coefficient (Wildman–Crippen LogP) is 5.04. The van der Waals surface area contributed by atoms with E-state index in [9.17, 15) is 0 Å². The molecule has 4 heteroatoms. The van der Waals surface area contributed by atoms with E-state index in [0.29, 0.717) is 5.16 Å². The standard InChI is InChI=1S/C12H20Cl2Si2/c1-10-8-6-7-9-11(10)12(15(2,3)13)16(4,5)14/h6-9,12H,1-5H3. The van der Waals surface area contributed by atoms with Crippen molar-refractivity contribution in [2.24, 2.45) is 0 Å². The summed E-state index contributed by atoms with van der Waals surface area (Å²) >= 11 is 13.4. The number of hydrogen-bond acceptors (Lipinski definition) is 0. The quantitative estimate of drug-likeness (QED) is 0.540. The smallest absolute Gasteiger partial charge is 0.156 e. The van der Waals surface area contributed by atoms with E-state index < -0.39 is 14.8 Å². The third kappa shape index (κ3) is 3.36. The first-order valence-electron chi connectivity index (χ1n) is 5.57. The number of aryl methyl sites for hydroxylation is 1. The van der Waals surface area contributed by atoms with Gasteiger partial charge in [-0.1, -0.05) is 50.5 Å². The summed E-state index contributed by atoms with van der Waals surface area (Å²) in [6, 6.07) is 8.50. The normalized spacial score (nSPS) is 13.2. The molecule has 0 saturated heterocycles. The van der Waals surface area contributed by atoms with E-state index in [1.807, 2.05) is 0 Å². The number of rotatable bonds is 3. The minimum absolute atomic E-state index is 0.393. The second-order valence-corrected chi connectivity index (χ2v) is 19.3. The van der Waals surface area contributed by atoms with E-state index in [1.54, 1.807) is 0 Å². The second kappa shape index (κ2) is 4.85. The second-order valence-electron chi connectivity index (χ2n) is 5.42. The molecule has 0 aliphatic rings. The highest BCUT2D eigenvalue weighted by Crippen LogP contribution is 2.40. The summed E-state index contributed by atoms with van der Waals surface area (Å²) in [5.74, 6) is 0. The van der Waals surface area contributed by atoms with Gasteiger partial charge in [-0.3, -0.25) is 0 Å². The van der Waals surface area contributed by atoms with Gasteiger partial charge in [-0.05, 0) is 18.1 Å². The fourth-order valence-corrected chi connectivity index (χ4v) is 17.2. The van der Waals surface area contributed by atoms with Crippen LogP contribution >= 0.6 is 22.2 Å². The first kappa shape index (κ1) is 14.3. The summed E-state index contributed by atoms with van der Waals surface area (Å²) < 4.78 is 0. The van der Waals surface area contributed by atoms with Crippen LogP contribution in [0, 0.1) is 6.92 Å². The highest BCUT2D eigenvalue weighted by atomic mass is 35.6. The van der Waals surface area contributed by atoms with Crippen molar-refractivity contribution in [3.05, 3.63) is 35.4 Å². The molecule has 0 unspecified atom stereocenters. The van der Waals surface area contributed by atoms with Crippen molar-refractivity contribution >= 4 is 36.9 Å². The molecule has 1 aromatic carbocycles. The maximum absolute atomic E-state index is 6.68. The Balaban J connectivity index is 3.29. The first-order valence-corrected chi connectivity index (χ1v) is 13.7. The molecule has 0 fully saturated rings. The minimum Gasteiger partial charge on any atom is -0.167 e. The zero-order chi connectivity index (χ0) is 12.6. The summed E-state index contributed by atoms with van der Waals surface area (Å²) in [4.78, 5) is 0. The van der Waals surface area contributed by atoms with Crippen molar-refractivity contribution in [3.8, 4) is 0 Å². The Labute approximate surface area is 110 Å². The average Bonchev–Trinajstić information content (AvgIpc) is 2.03. The van der Waals surface area contributed by atoms with Crippen LogP contribution in [0.4, 0.5) is 0 Å². The van der Waals surface area contributed by atoms with Crippen molar-refractivity contribution in [3.63, 3.8) is 0 Å². The molecule has 0 aromatic heterocycles. The largest absolute Gasteiger partial charge is 0.167 e. The molecule has 0 heterocycles. The Morgan fingerprint density at radius 2 is 1.38 bits per heavy atom. The van der Waals surface area contributed by atoms with Gasteiger partial charge in [0.15, 0.2) is 14.8 Å². The van der Waals surface area contributed by atoms with Crippen molar-refractivity contribution in [1.29, 1.82) is 0 Å². The van der Waals surface area contributed by atoms with Gasteiger partial charge < -0.3 is 0 Å². The van der Waals surface area contributed by atoms with Crippen LogP contribution in [0.2, 0.25) is 26.2 Å². The van der Waals surface area contributed by atoms with Gasteiger partial charge in [0, 0.05) is 5.16 Å². The van der Waals surface area contributed by atoms with Crippen LogP contribution in [0.15, 0.2) is 24.3 Å². The van der Waals surface area contributed by atoms with Crippen molar-refractivity contribution < 1.29 is 0 Å². The Hall–Kier alpha value is 0.234. The summed E-state index contributed by atoms with van der Waals surface area (Å²) in [6.45, 7) is 10.9. The van der Waals surface area contributed by atoms with Crippen LogP contribution in [0.1, 0.15) is 16.3 Å². The van der Waals surface area contributed by atoms with Crippen LogP contribution < -0.4 is 0 Å². The van der Waals surface area contributed by atoms with E-state index in [4.69, 9.17) is 22.2 Å². The van der Waals surface area contributed by atoms with Gasteiger partial charge >= 0.3 is 0 Å². The SMILES string of the molecule is Cc1ccccc1C([Si](C)(C)Cl)[Si](C)(C)Cl. The molecule has 0 spiro atoms. The van der Waals surface area contributed by atoms with E-state index in [1.165, 1.54) is 11.1 Å². The lowest BCUT2D eigenvalue weighted by atomic mass is 10.1. The predicted molar refractivity (Wildman–Crippen MR) is 80.6 cm³/mol. The van der Waals surface area contributed by atoms with Gasteiger partial charge in [-0.2, -0.15) is 22.2 Å². The molecular weight excluding hydrogens is 271 g/mol. The van der Waals surface area contributed by atoms with E-state index in [0.717, 1.165) is 0 Å². The summed E-state index contributed by atoms with van der Waals surface area (Å²) in [7, 11) is -3.58. The van der Waals surface area contributed by atoms with Gasteiger partial charge in [0.2, 0.25) is 0 Å². The summed E-state index contributed by atoms with van der Waals surface area (Å²) in [6.07, 6.45) is 0. The van der Waals surface area contributed by atoms with Crippen LogP contribution in [-0.2, 0) is 0 Å². The highest BCUT2D eigenvalue weighted by Gasteiger charge is 2.43. The molecule has 0 amide bonds. The fourth-order valence-electron chi connectivity index (χ4n) is 2.47. The zero-order valence-corrected chi connectivity index (χ0v) is 14.2. The highest BCUT2D eigenvalue weighted by molar-refractivity contribution is 7.32. The Kier molecular flexibility index (Phi) is 4.33. The molecule has 0 N–H and O–H groups in total. The number of hydrogen-bond donors (Lipinski definition) is 0. The van der Waals surface area contributed by atoms with Crippen LogP contribution in [0.25, 0.3) is 0 Å². The van der Waals surface area contributed by atoms with E-state index in [2.05, 4.69) is 57.4 Å². The molecule has 1 rings (SSSR count). The molecule has 0 atom stereocenters. The summed E-state index contributed by atoms with van der Waals surface area (Å²) in [5, 5.41) is 0.393. The fraction of sp³-hybridized carbons (Fsp3) is 0.500. The maximum atomic E-state index is 6.68. The minimum atomic E-state index is -1.79. The third-order valence-corrected chi connectivity index (χ3v) is 13.0. The van der Waals surface area contributed by atoms with Crippen molar-refractivity contribution in [1.82, 2.24) is 0 Å².